The van der Waals surface area contributed by atoms with Crippen molar-refractivity contribution in [3.05, 3.63) is 35.6 Å². The Hall–Kier alpha value is -1.11. The Morgan fingerprint density at radius 2 is 2.39 bits per heavy atom. The van der Waals surface area contributed by atoms with E-state index in [4.69, 9.17) is 0 Å². The van der Waals surface area contributed by atoms with Crippen LogP contribution in [0.5, 0.6) is 0 Å². The molecule has 1 aromatic rings. The molecule has 1 heterocycles. The van der Waals surface area contributed by atoms with Crippen LogP contribution in [0.25, 0.3) is 0 Å². The van der Waals surface area contributed by atoms with E-state index in [9.17, 15) is 14.3 Å². The molecule has 98 valence electrons. The van der Waals surface area contributed by atoms with Gasteiger partial charge in [-0.25, -0.2) is 4.39 Å². The summed E-state index contributed by atoms with van der Waals surface area (Å²) in [6, 6.07) is 5.79. The molecule has 18 heavy (non-hydrogen) atoms. The number of aliphatic hydroxyl groups excluding tert-OH is 1. The molecule has 1 aromatic carbocycles. The van der Waals surface area contributed by atoms with Crippen molar-refractivity contribution < 1.29 is 14.3 Å². The maximum atomic E-state index is 13.4. The normalized spacial score (nSPS) is 20.7. The van der Waals surface area contributed by atoms with E-state index in [0.29, 0.717) is 0 Å². The summed E-state index contributed by atoms with van der Waals surface area (Å²) in [5.41, 5.74) is 0.201. The summed E-state index contributed by atoms with van der Waals surface area (Å²) in [5, 5.41) is 15.5. The van der Waals surface area contributed by atoms with Crippen LogP contribution in [0.1, 0.15) is 11.7 Å². The maximum absolute atomic E-state index is 13.4. The minimum absolute atomic E-state index is 0.0165. The van der Waals surface area contributed by atoms with E-state index in [1.54, 1.807) is 23.9 Å². The summed E-state index contributed by atoms with van der Waals surface area (Å²) in [7, 11) is 0. The maximum Gasteiger partial charge on any atom is 0.238 e. The van der Waals surface area contributed by atoms with E-state index in [-0.39, 0.29) is 24.1 Å². The second-order valence-corrected chi connectivity index (χ2v) is 5.08. The van der Waals surface area contributed by atoms with Crippen LogP contribution in [0.3, 0.4) is 0 Å². The molecule has 1 saturated heterocycles. The first-order valence-electron chi connectivity index (χ1n) is 5.70. The monoisotopic (exact) mass is 270 g/mol. The first kappa shape index (κ1) is 13.3. The number of amides is 1. The molecule has 0 bridgehead atoms. The van der Waals surface area contributed by atoms with Crippen molar-refractivity contribution in [1.29, 1.82) is 0 Å². The molecule has 0 aliphatic carbocycles. The third kappa shape index (κ3) is 3.22. The van der Waals surface area contributed by atoms with Crippen LogP contribution < -0.4 is 10.6 Å². The SMILES string of the molecule is O=C(NCC(O)c1ccccc1F)[C@H]1CSCN1. The first-order valence-corrected chi connectivity index (χ1v) is 6.85. The lowest BCUT2D eigenvalue weighted by molar-refractivity contribution is -0.122. The smallest absolute Gasteiger partial charge is 0.238 e. The first-order chi connectivity index (χ1) is 8.68. The van der Waals surface area contributed by atoms with E-state index in [1.165, 1.54) is 12.1 Å². The number of rotatable bonds is 4. The molecule has 0 saturated carbocycles. The number of benzene rings is 1. The molecule has 1 unspecified atom stereocenters. The van der Waals surface area contributed by atoms with Gasteiger partial charge in [-0.2, -0.15) is 0 Å². The number of halogens is 1. The predicted octanol–water partition coefficient (Wildman–Crippen LogP) is 0.638. The van der Waals surface area contributed by atoms with Gasteiger partial charge in [-0.3, -0.25) is 10.1 Å². The molecular formula is C12H15FN2O2S. The highest BCUT2D eigenvalue weighted by Gasteiger charge is 2.23. The van der Waals surface area contributed by atoms with Crippen LogP contribution in [0, 0.1) is 5.82 Å². The zero-order valence-electron chi connectivity index (χ0n) is 9.73. The Balaban J connectivity index is 1.86. The second kappa shape index (κ2) is 6.17. The highest BCUT2D eigenvalue weighted by atomic mass is 32.2. The molecule has 0 radical (unpaired) electrons. The van der Waals surface area contributed by atoms with Gasteiger partial charge in [-0.15, -0.1) is 11.8 Å². The van der Waals surface area contributed by atoms with E-state index in [1.807, 2.05) is 0 Å². The largest absolute Gasteiger partial charge is 0.386 e. The lowest BCUT2D eigenvalue weighted by Crippen LogP contribution is -2.43. The molecular weight excluding hydrogens is 255 g/mol. The van der Waals surface area contributed by atoms with Crippen LogP contribution in [0.2, 0.25) is 0 Å². The lowest BCUT2D eigenvalue weighted by Gasteiger charge is -2.15. The number of hydrogen-bond donors (Lipinski definition) is 3. The van der Waals surface area contributed by atoms with Gasteiger partial charge in [-0.05, 0) is 6.07 Å². The van der Waals surface area contributed by atoms with E-state index >= 15 is 0 Å². The van der Waals surface area contributed by atoms with Crippen molar-refractivity contribution in [2.75, 3.05) is 18.2 Å². The molecule has 4 nitrogen and oxygen atoms in total. The minimum atomic E-state index is -1.02. The number of hydrogen-bond acceptors (Lipinski definition) is 4. The zero-order chi connectivity index (χ0) is 13.0. The third-order valence-electron chi connectivity index (χ3n) is 2.77. The number of carbonyl (C=O) groups is 1. The third-order valence-corrected chi connectivity index (χ3v) is 3.71. The Morgan fingerprint density at radius 3 is 3.06 bits per heavy atom. The van der Waals surface area contributed by atoms with E-state index < -0.39 is 11.9 Å². The molecule has 0 aromatic heterocycles. The highest BCUT2D eigenvalue weighted by molar-refractivity contribution is 7.99. The Morgan fingerprint density at radius 1 is 1.61 bits per heavy atom. The van der Waals surface area contributed by atoms with Crippen LogP contribution in [0.15, 0.2) is 24.3 Å². The van der Waals surface area contributed by atoms with Gasteiger partial charge < -0.3 is 10.4 Å². The summed E-state index contributed by atoms with van der Waals surface area (Å²) < 4.78 is 13.4. The van der Waals surface area contributed by atoms with Crippen molar-refractivity contribution in [3.63, 3.8) is 0 Å². The summed E-state index contributed by atoms with van der Waals surface area (Å²) in [5.74, 6) is 0.861. The van der Waals surface area contributed by atoms with Gasteiger partial charge in [0.25, 0.3) is 0 Å². The Kier molecular flexibility index (Phi) is 4.57. The lowest BCUT2D eigenvalue weighted by atomic mass is 10.1. The molecule has 1 aliphatic heterocycles. The fourth-order valence-electron chi connectivity index (χ4n) is 1.74. The zero-order valence-corrected chi connectivity index (χ0v) is 10.5. The van der Waals surface area contributed by atoms with E-state index in [0.717, 1.165) is 11.6 Å². The quantitative estimate of drug-likeness (QED) is 0.751. The van der Waals surface area contributed by atoms with Crippen molar-refractivity contribution in [3.8, 4) is 0 Å². The predicted molar refractivity (Wildman–Crippen MR) is 68.6 cm³/mol. The van der Waals surface area contributed by atoms with Gasteiger partial charge in [0.05, 0.1) is 12.1 Å². The molecule has 1 aliphatic rings. The highest BCUT2D eigenvalue weighted by Crippen LogP contribution is 2.16. The minimum Gasteiger partial charge on any atom is -0.386 e. The van der Waals surface area contributed by atoms with Crippen LogP contribution in [-0.2, 0) is 4.79 Å². The number of thioether (sulfide) groups is 1. The fraction of sp³-hybridized carbons (Fsp3) is 0.417. The van der Waals surface area contributed by atoms with Gasteiger partial charge >= 0.3 is 0 Å². The Labute approximate surface area is 109 Å². The average molecular weight is 270 g/mol. The summed E-state index contributed by atoms with van der Waals surface area (Å²) in [6.07, 6.45) is -1.02. The number of aliphatic hydroxyl groups is 1. The van der Waals surface area contributed by atoms with Gasteiger partial charge in [0.1, 0.15) is 5.82 Å². The second-order valence-electron chi connectivity index (χ2n) is 4.05. The molecule has 1 amide bonds. The van der Waals surface area contributed by atoms with Crippen molar-refractivity contribution in [1.82, 2.24) is 10.6 Å². The molecule has 2 rings (SSSR count). The van der Waals surface area contributed by atoms with Crippen molar-refractivity contribution in [2.45, 2.75) is 12.1 Å². The van der Waals surface area contributed by atoms with Gasteiger partial charge in [0.2, 0.25) is 5.91 Å². The van der Waals surface area contributed by atoms with Crippen LogP contribution in [0.4, 0.5) is 4.39 Å². The standard InChI is InChI=1S/C12H15FN2O2S/c13-9-4-2-1-3-8(9)11(16)5-14-12(17)10-6-18-7-15-10/h1-4,10-11,15-16H,5-7H2,(H,14,17)/t10-,11?/m1/s1. The van der Waals surface area contributed by atoms with Crippen molar-refractivity contribution in [2.24, 2.45) is 0 Å². The average Bonchev–Trinajstić information content (AvgIpc) is 2.90. The molecule has 3 N–H and O–H groups in total. The molecule has 2 atom stereocenters. The summed E-state index contributed by atoms with van der Waals surface area (Å²) in [6.45, 7) is 0.0165. The molecule has 1 fully saturated rings. The van der Waals surface area contributed by atoms with Gasteiger partial charge in [0.15, 0.2) is 0 Å². The number of carbonyl (C=O) groups excluding carboxylic acids is 1. The van der Waals surface area contributed by atoms with Crippen LogP contribution in [-0.4, -0.2) is 35.2 Å². The van der Waals surface area contributed by atoms with Gasteiger partial charge in [-0.1, -0.05) is 18.2 Å². The van der Waals surface area contributed by atoms with Crippen molar-refractivity contribution >= 4 is 17.7 Å². The topological polar surface area (TPSA) is 61.4 Å². The Bertz CT molecular complexity index is 424. The van der Waals surface area contributed by atoms with Crippen LogP contribution >= 0.6 is 11.8 Å². The van der Waals surface area contributed by atoms with Gasteiger partial charge in [0, 0.05) is 23.7 Å². The fourth-order valence-corrected chi connectivity index (χ4v) is 2.68. The molecule has 6 heteroatoms. The summed E-state index contributed by atoms with van der Waals surface area (Å²) in [4.78, 5) is 11.7. The summed E-state index contributed by atoms with van der Waals surface area (Å²) >= 11 is 1.65. The number of nitrogens with one attached hydrogen (secondary N) is 2. The van der Waals surface area contributed by atoms with E-state index in [2.05, 4.69) is 10.6 Å². The molecule has 0 spiro atoms.